The summed E-state index contributed by atoms with van der Waals surface area (Å²) in [6.07, 6.45) is 0.0578. The first-order valence-electron chi connectivity index (χ1n) is 7.11. The van der Waals surface area contributed by atoms with Crippen molar-refractivity contribution in [2.45, 2.75) is 12.5 Å². The van der Waals surface area contributed by atoms with E-state index in [4.69, 9.17) is 4.74 Å². The molecule has 1 N–H and O–H groups in total. The summed E-state index contributed by atoms with van der Waals surface area (Å²) in [6, 6.07) is 11.7. The fourth-order valence-electron chi connectivity index (χ4n) is 2.49. The molecule has 1 aliphatic rings. The third kappa shape index (κ3) is 3.01. The maximum Gasteiger partial charge on any atom is 0.256 e. The molecule has 1 fully saturated rings. The predicted molar refractivity (Wildman–Crippen MR) is 83.9 cm³/mol. The fourth-order valence-corrected chi connectivity index (χ4v) is 2.49. The molecule has 118 valence electrons. The third-order valence-corrected chi connectivity index (χ3v) is 3.66. The molecule has 1 atom stereocenters. The van der Waals surface area contributed by atoms with Gasteiger partial charge in [-0.1, -0.05) is 0 Å². The minimum absolute atomic E-state index is 0.0578. The van der Waals surface area contributed by atoms with Crippen LogP contribution in [0, 0.1) is 5.82 Å². The summed E-state index contributed by atoms with van der Waals surface area (Å²) in [5.41, 5.74) is 1.10. The van der Waals surface area contributed by atoms with Crippen molar-refractivity contribution in [1.82, 2.24) is 0 Å². The molecule has 2 aromatic rings. The topological polar surface area (TPSA) is 58.6 Å². The number of halogens is 1. The normalized spacial score (nSPS) is 17.5. The quantitative estimate of drug-likeness (QED) is 0.881. The number of nitrogens with one attached hydrogen (secondary N) is 1. The molecule has 1 saturated heterocycles. The first-order chi connectivity index (χ1) is 11.1. The summed E-state index contributed by atoms with van der Waals surface area (Å²) in [6.45, 7) is 0. The molecule has 1 aliphatic heterocycles. The number of rotatable bonds is 4. The summed E-state index contributed by atoms with van der Waals surface area (Å²) in [5, 5.41) is 2.97. The number of carbonyl (C=O) groups excluding carboxylic acids is 2. The number of ether oxygens (including phenoxy) is 1. The van der Waals surface area contributed by atoms with E-state index in [2.05, 4.69) is 5.32 Å². The van der Waals surface area contributed by atoms with Crippen LogP contribution in [-0.2, 0) is 9.59 Å². The van der Waals surface area contributed by atoms with Gasteiger partial charge < -0.3 is 10.1 Å². The summed E-state index contributed by atoms with van der Waals surface area (Å²) in [4.78, 5) is 25.8. The van der Waals surface area contributed by atoms with E-state index >= 15 is 0 Å². The van der Waals surface area contributed by atoms with Crippen molar-refractivity contribution in [1.29, 1.82) is 0 Å². The average molecular weight is 314 g/mol. The Morgan fingerprint density at radius 2 is 1.74 bits per heavy atom. The molecule has 2 aromatic carbocycles. The van der Waals surface area contributed by atoms with Gasteiger partial charge in [0.25, 0.3) is 5.91 Å². The van der Waals surface area contributed by atoms with Crippen molar-refractivity contribution in [2.24, 2.45) is 0 Å². The largest absolute Gasteiger partial charge is 0.497 e. The summed E-state index contributed by atoms with van der Waals surface area (Å²) >= 11 is 0. The average Bonchev–Trinajstić information content (AvgIpc) is 2.84. The molecule has 6 heteroatoms. The molecular formula is C17H15FN2O3. The number of anilines is 2. The highest BCUT2D eigenvalue weighted by molar-refractivity contribution is 6.23. The number of hydrogen-bond acceptors (Lipinski definition) is 4. The summed E-state index contributed by atoms with van der Waals surface area (Å²) in [7, 11) is 1.55. The maximum atomic E-state index is 12.9. The predicted octanol–water partition coefficient (Wildman–Crippen LogP) is 2.58. The number of methoxy groups -OCH3 is 1. The molecule has 0 saturated carbocycles. The lowest BCUT2D eigenvalue weighted by Crippen LogP contribution is -2.34. The Kier molecular flexibility index (Phi) is 3.97. The number of imide groups is 1. The van der Waals surface area contributed by atoms with Crippen LogP contribution in [0.3, 0.4) is 0 Å². The Hall–Kier alpha value is -2.89. The second kappa shape index (κ2) is 6.08. The van der Waals surface area contributed by atoms with Crippen LogP contribution in [0.1, 0.15) is 6.42 Å². The van der Waals surface area contributed by atoms with Gasteiger partial charge in [0.05, 0.1) is 19.2 Å². The smallest absolute Gasteiger partial charge is 0.256 e. The lowest BCUT2D eigenvalue weighted by molar-refractivity contribution is -0.121. The van der Waals surface area contributed by atoms with Crippen molar-refractivity contribution in [2.75, 3.05) is 17.3 Å². The Morgan fingerprint density at radius 1 is 1.09 bits per heavy atom. The Balaban J connectivity index is 1.77. The van der Waals surface area contributed by atoms with Gasteiger partial charge in [0, 0.05) is 5.69 Å². The second-order valence-electron chi connectivity index (χ2n) is 5.17. The van der Waals surface area contributed by atoms with Crippen molar-refractivity contribution in [3.63, 3.8) is 0 Å². The van der Waals surface area contributed by atoms with Gasteiger partial charge in [-0.3, -0.25) is 9.59 Å². The van der Waals surface area contributed by atoms with E-state index in [1.54, 1.807) is 31.4 Å². The van der Waals surface area contributed by atoms with Gasteiger partial charge in [-0.2, -0.15) is 0 Å². The van der Waals surface area contributed by atoms with Crippen LogP contribution < -0.4 is 15.0 Å². The van der Waals surface area contributed by atoms with Gasteiger partial charge in [0.2, 0.25) is 5.91 Å². The van der Waals surface area contributed by atoms with Crippen LogP contribution in [0.5, 0.6) is 5.75 Å². The highest BCUT2D eigenvalue weighted by Crippen LogP contribution is 2.26. The maximum absolute atomic E-state index is 12.9. The molecule has 0 bridgehead atoms. The molecule has 3 rings (SSSR count). The number of nitrogens with zero attached hydrogens (tertiary/aromatic N) is 1. The summed E-state index contributed by atoms with van der Waals surface area (Å²) < 4.78 is 18.0. The first kappa shape index (κ1) is 15.0. The molecule has 1 heterocycles. The SMILES string of the molecule is COc1ccc(N2C(=O)C[C@H](Nc3ccc(F)cc3)C2=O)cc1. The van der Waals surface area contributed by atoms with Gasteiger partial charge in [-0.15, -0.1) is 0 Å². The molecule has 0 aromatic heterocycles. The van der Waals surface area contributed by atoms with E-state index in [9.17, 15) is 14.0 Å². The lowest BCUT2D eigenvalue weighted by atomic mass is 10.2. The second-order valence-corrected chi connectivity index (χ2v) is 5.17. The van der Waals surface area contributed by atoms with Gasteiger partial charge in [-0.05, 0) is 48.5 Å². The van der Waals surface area contributed by atoms with Crippen molar-refractivity contribution >= 4 is 23.2 Å². The molecule has 0 spiro atoms. The highest BCUT2D eigenvalue weighted by atomic mass is 19.1. The fraction of sp³-hybridized carbons (Fsp3) is 0.176. The number of carbonyl (C=O) groups is 2. The van der Waals surface area contributed by atoms with E-state index < -0.39 is 6.04 Å². The van der Waals surface area contributed by atoms with E-state index in [0.29, 0.717) is 17.1 Å². The first-order valence-corrected chi connectivity index (χ1v) is 7.11. The number of benzene rings is 2. The molecule has 23 heavy (non-hydrogen) atoms. The molecule has 5 nitrogen and oxygen atoms in total. The Morgan fingerprint density at radius 3 is 2.35 bits per heavy atom. The zero-order valence-corrected chi connectivity index (χ0v) is 12.5. The van der Waals surface area contributed by atoms with E-state index in [-0.39, 0.29) is 24.1 Å². The molecular weight excluding hydrogens is 299 g/mol. The van der Waals surface area contributed by atoms with Crippen molar-refractivity contribution < 1.29 is 18.7 Å². The van der Waals surface area contributed by atoms with Crippen LogP contribution in [0.25, 0.3) is 0 Å². The molecule has 0 radical (unpaired) electrons. The van der Waals surface area contributed by atoms with Crippen LogP contribution in [0.2, 0.25) is 0 Å². The molecule has 0 unspecified atom stereocenters. The Labute approximate surface area is 132 Å². The van der Waals surface area contributed by atoms with Gasteiger partial charge in [0.1, 0.15) is 17.6 Å². The van der Waals surface area contributed by atoms with Gasteiger partial charge >= 0.3 is 0 Å². The van der Waals surface area contributed by atoms with Gasteiger partial charge in [-0.25, -0.2) is 9.29 Å². The monoisotopic (exact) mass is 314 g/mol. The highest BCUT2D eigenvalue weighted by Gasteiger charge is 2.39. The van der Waals surface area contributed by atoms with E-state index in [0.717, 1.165) is 4.90 Å². The number of hydrogen-bond donors (Lipinski definition) is 1. The van der Waals surface area contributed by atoms with Crippen LogP contribution in [0.15, 0.2) is 48.5 Å². The zero-order valence-electron chi connectivity index (χ0n) is 12.5. The third-order valence-electron chi connectivity index (χ3n) is 3.66. The zero-order chi connectivity index (χ0) is 16.4. The molecule has 2 amide bonds. The number of amides is 2. The van der Waals surface area contributed by atoms with Crippen LogP contribution in [-0.4, -0.2) is 25.0 Å². The lowest BCUT2D eigenvalue weighted by Gasteiger charge is -2.16. The van der Waals surface area contributed by atoms with Gasteiger partial charge in [0.15, 0.2) is 0 Å². The van der Waals surface area contributed by atoms with Crippen LogP contribution >= 0.6 is 0 Å². The van der Waals surface area contributed by atoms with E-state index in [1.807, 2.05) is 0 Å². The minimum atomic E-state index is -0.657. The Bertz CT molecular complexity index is 729. The summed E-state index contributed by atoms with van der Waals surface area (Å²) in [5.74, 6) is -0.317. The van der Waals surface area contributed by atoms with E-state index in [1.165, 1.54) is 24.3 Å². The van der Waals surface area contributed by atoms with Crippen LogP contribution in [0.4, 0.5) is 15.8 Å². The minimum Gasteiger partial charge on any atom is -0.497 e. The van der Waals surface area contributed by atoms with Crippen molar-refractivity contribution in [3.05, 3.63) is 54.3 Å². The molecule has 0 aliphatic carbocycles. The van der Waals surface area contributed by atoms with Crippen molar-refractivity contribution in [3.8, 4) is 5.75 Å². The standard InChI is InChI=1S/C17H15FN2O3/c1-23-14-8-6-13(7-9-14)20-16(21)10-15(17(20)22)19-12-4-2-11(18)3-5-12/h2-9,15,19H,10H2,1H3/t15-/m0/s1.